The highest BCUT2D eigenvalue weighted by atomic mass is 16.2. The highest BCUT2D eigenvalue weighted by molar-refractivity contribution is 5.96. The Kier molecular flexibility index (Phi) is 9.04. The lowest BCUT2D eigenvalue weighted by Crippen LogP contribution is -2.50. The number of carbonyl (C=O) groups is 2. The van der Waals surface area contributed by atoms with Crippen LogP contribution in [-0.2, 0) is 18.4 Å². The lowest BCUT2D eigenvalue weighted by Gasteiger charge is -2.37. The molecule has 4 heterocycles. The first-order chi connectivity index (χ1) is 21.4. The van der Waals surface area contributed by atoms with Gasteiger partial charge in [0.25, 0.3) is 5.91 Å². The van der Waals surface area contributed by atoms with Gasteiger partial charge in [0.15, 0.2) is 17.0 Å². The van der Waals surface area contributed by atoms with Crippen LogP contribution in [0.25, 0.3) is 11.2 Å². The van der Waals surface area contributed by atoms with E-state index in [0.717, 1.165) is 96.3 Å². The first-order valence-electron chi connectivity index (χ1n) is 15.9. The molecule has 1 saturated carbocycles. The average molecular weight is 599 g/mol. The van der Waals surface area contributed by atoms with Crippen molar-refractivity contribution < 1.29 is 9.59 Å². The Morgan fingerprint density at radius 3 is 2.34 bits per heavy atom. The van der Waals surface area contributed by atoms with Crippen molar-refractivity contribution in [2.24, 2.45) is 13.0 Å². The Labute approximate surface area is 258 Å². The number of imidazole rings is 1. The summed E-state index contributed by atoms with van der Waals surface area (Å²) in [6, 6.07) is 9.89. The number of anilines is 1. The maximum Gasteiger partial charge on any atom is 0.272 e. The van der Waals surface area contributed by atoms with Crippen molar-refractivity contribution in [1.29, 1.82) is 5.26 Å². The molecule has 6 rings (SSSR count). The molecule has 0 unspecified atom stereocenters. The van der Waals surface area contributed by atoms with Crippen LogP contribution in [0.15, 0.2) is 30.6 Å². The third-order valence-electron chi connectivity index (χ3n) is 9.40. The van der Waals surface area contributed by atoms with Gasteiger partial charge in [-0.1, -0.05) is 31.4 Å². The Balaban J connectivity index is 1.11. The molecule has 0 atom stereocenters. The van der Waals surface area contributed by atoms with Crippen LogP contribution in [0, 0.1) is 17.2 Å². The van der Waals surface area contributed by atoms with E-state index in [1.54, 1.807) is 15.9 Å². The van der Waals surface area contributed by atoms with Crippen molar-refractivity contribution in [3.63, 3.8) is 0 Å². The second kappa shape index (κ2) is 13.3. The maximum absolute atomic E-state index is 14.0. The number of aromatic nitrogens is 4. The van der Waals surface area contributed by atoms with Gasteiger partial charge >= 0.3 is 0 Å². The molecule has 0 spiro atoms. The highest BCUT2D eigenvalue weighted by Crippen LogP contribution is 2.27. The fourth-order valence-corrected chi connectivity index (χ4v) is 6.67. The molecule has 12 heteroatoms. The number of nitriles is 1. The predicted octanol–water partition coefficient (Wildman–Crippen LogP) is 3.02. The van der Waals surface area contributed by atoms with Gasteiger partial charge in [0.2, 0.25) is 11.7 Å². The number of nitrogens with zero attached hydrogens (tertiary/aromatic N) is 9. The number of aryl methyl sites for hydroxylation is 1. The molecule has 2 aliphatic heterocycles. The van der Waals surface area contributed by atoms with E-state index in [0.29, 0.717) is 28.5 Å². The number of benzene rings is 1. The molecule has 0 radical (unpaired) electrons. The fourth-order valence-electron chi connectivity index (χ4n) is 6.67. The SMILES string of the molecule is CN1CCN(C(=O)C2CCN(Cc3ccc(C(=O)N(Nc4nc(C#N)nc5c4ncn5C)C4CCCCC4)cc3)CC2)CC1. The van der Waals surface area contributed by atoms with E-state index in [-0.39, 0.29) is 23.7 Å². The number of rotatable bonds is 7. The van der Waals surface area contributed by atoms with Gasteiger partial charge in [0.1, 0.15) is 6.07 Å². The summed E-state index contributed by atoms with van der Waals surface area (Å²) in [5.41, 5.74) is 6.05. The lowest BCUT2D eigenvalue weighted by atomic mass is 9.94. The largest absolute Gasteiger partial charge is 0.340 e. The third kappa shape index (κ3) is 6.54. The van der Waals surface area contributed by atoms with E-state index < -0.39 is 0 Å². The average Bonchev–Trinajstić information content (AvgIpc) is 3.44. The van der Waals surface area contributed by atoms with Crippen LogP contribution in [0.4, 0.5) is 5.82 Å². The molecular weight excluding hydrogens is 556 g/mol. The molecular formula is C32H42N10O2. The zero-order chi connectivity index (χ0) is 30.6. The van der Waals surface area contributed by atoms with Crippen molar-refractivity contribution in [2.45, 2.75) is 57.5 Å². The number of hydrogen-bond donors (Lipinski definition) is 1. The number of piperazine rings is 1. The number of amides is 2. The van der Waals surface area contributed by atoms with Crippen LogP contribution in [0.5, 0.6) is 0 Å². The Bertz CT molecular complexity index is 1510. The van der Waals surface area contributed by atoms with Crippen molar-refractivity contribution in [3.8, 4) is 6.07 Å². The number of carbonyl (C=O) groups excluding carboxylic acids is 2. The second-order valence-corrected chi connectivity index (χ2v) is 12.5. The van der Waals surface area contributed by atoms with Gasteiger partial charge < -0.3 is 14.4 Å². The number of likely N-dealkylation sites (tertiary alicyclic amines) is 1. The Hall–Kier alpha value is -4.08. The molecule has 1 aromatic carbocycles. The molecule has 1 N–H and O–H groups in total. The first-order valence-corrected chi connectivity index (χ1v) is 15.9. The summed E-state index contributed by atoms with van der Waals surface area (Å²) in [6.07, 6.45) is 8.47. The van der Waals surface area contributed by atoms with E-state index in [1.807, 2.05) is 42.3 Å². The van der Waals surface area contributed by atoms with Gasteiger partial charge in [-0.05, 0) is 63.5 Å². The minimum atomic E-state index is -0.132. The highest BCUT2D eigenvalue weighted by Gasteiger charge is 2.31. The topological polar surface area (TPSA) is 127 Å². The summed E-state index contributed by atoms with van der Waals surface area (Å²) in [5, 5.41) is 11.2. The first kappa shape index (κ1) is 30.0. The quantitative estimate of drug-likeness (QED) is 0.409. The van der Waals surface area contributed by atoms with Crippen LogP contribution in [-0.4, -0.2) is 103 Å². The van der Waals surface area contributed by atoms with Crippen LogP contribution >= 0.6 is 0 Å². The standard InChI is InChI=1S/C32H42N10O2/c1-38-16-18-41(19-17-38)31(43)25-12-14-40(15-13-25)21-23-8-10-24(11-9-23)32(44)42(26-6-4-3-5-7-26)37-29-28-30(39(2)22-34-28)36-27(20-33)35-29/h8-11,22,25-26H,3-7,12-19,21H2,1-2H3,(H,35,36,37). The van der Waals surface area contributed by atoms with Crippen LogP contribution in [0.1, 0.15) is 66.7 Å². The van der Waals surface area contributed by atoms with E-state index >= 15 is 0 Å². The summed E-state index contributed by atoms with van der Waals surface area (Å²) < 4.78 is 1.74. The molecule has 0 bridgehead atoms. The summed E-state index contributed by atoms with van der Waals surface area (Å²) in [6.45, 7) is 6.17. The number of nitrogens with one attached hydrogen (secondary N) is 1. The zero-order valence-electron chi connectivity index (χ0n) is 25.8. The normalized spacial score (nSPS) is 19.2. The van der Waals surface area contributed by atoms with Gasteiger partial charge in [-0.2, -0.15) is 15.2 Å². The number of hydrazine groups is 1. The molecule has 44 heavy (non-hydrogen) atoms. The minimum Gasteiger partial charge on any atom is -0.340 e. The number of piperidine rings is 1. The van der Waals surface area contributed by atoms with Crippen LogP contribution < -0.4 is 5.43 Å². The zero-order valence-corrected chi connectivity index (χ0v) is 25.8. The molecule has 2 amide bonds. The van der Waals surface area contributed by atoms with Gasteiger partial charge in [-0.25, -0.2) is 9.99 Å². The van der Waals surface area contributed by atoms with Crippen molar-refractivity contribution in [1.82, 2.24) is 39.2 Å². The van der Waals surface area contributed by atoms with Crippen molar-refractivity contribution >= 4 is 28.8 Å². The molecule has 232 valence electrons. The van der Waals surface area contributed by atoms with E-state index in [9.17, 15) is 14.9 Å². The minimum absolute atomic E-state index is 0.00467. The van der Waals surface area contributed by atoms with E-state index in [1.165, 1.54) is 0 Å². The van der Waals surface area contributed by atoms with Crippen LogP contribution in [0.2, 0.25) is 0 Å². The lowest BCUT2D eigenvalue weighted by molar-refractivity contribution is -0.138. The maximum atomic E-state index is 14.0. The molecule has 2 aromatic heterocycles. The smallest absolute Gasteiger partial charge is 0.272 e. The summed E-state index contributed by atoms with van der Waals surface area (Å²) >= 11 is 0. The van der Waals surface area contributed by atoms with Gasteiger partial charge in [0.05, 0.1) is 12.4 Å². The third-order valence-corrected chi connectivity index (χ3v) is 9.40. The fraction of sp³-hybridized carbons (Fsp3) is 0.562. The van der Waals surface area contributed by atoms with E-state index in [4.69, 9.17) is 0 Å². The molecule has 1 aliphatic carbocycles. The number of fused-ring (bicyclic) bond motifs is 1. The number of hydrogen-bond acceptors (Lipinski definition) is 9. The number of likely N-dealkylation sites (N-methyl/N-ethyl adjacent to an activating group) is 1. The van der Waals surface area contributed by atoms with Gasteiger partial charge in [0, 0.05) is 51.3 Å². The molecule has 3 fully saturated rings. The monoisotopic (exact) mass is 598 g/mol. The summed E-state index contributed by atoms with van der Waals surface area (Å²) in [7, 11) is 3.92. The Morgan fingerprint density at radius 2 is 1.66 bits per heavy atom. The van der Waals surface area contributed by atoms with Gasteiger partial charge in [-0.3, -0.25) is 19.9 Å². The molecule has 3 aliphatic rings. The Morgan fingerprint density at radius 1 is 0.955 bits per heavy atom. The molecule has 3 aromatic rings. The predicted molar refractivity (Wildman–Crippen MR) is 166 cm³/mol. The van der Waals surface area contributed by atoms with Crippen LogP contribution in [0.3, 0.4) is 0 Å². The van der Waals surface area contributed by atoms with Crippen molar-refractivity contribution in [2.75, 3.05) is 51.7 Å². The second-order valence-electron chi connectivity index (χ2n) is 12.5. The van der Waals surface area contributed by atoms with Crippen molar-refractivity contribution in [3.05, 3.63) is 47.5 Å². The van der Waals surface area contributed by atoms with Gasteiger partial charge in [-0.15, -0.1) is 0 Å². The summed E-state index contributed by atoms with van der Waals surface area (Å²) in [4.78, 5) is 46.8. The van der Waals surface area contributed by atoms with E-state index in [2.05, 4.69) is 37.2 Å². The molecule has 12 nitrogen and oxygen atoms in total. The molecule has 2 saturated heterocycles. The summed E-state index contributed by atoms with van der Waals surface area (Å²) in [5.74, 6) is 0.701.